The Bertz CT molecular complexity index is 309. The molecule has 1 atom stereocenters. The molecule has 0 aromatic heterocycles. The Morgan fingerprint density at radius 3 is 2.45 bits per heavy atom. The van der Waals surface area contributed by atoms with Crippen molar-refractivity contribution in [2.75, 3.05) is 45.9 Å². The van der Waals surface area contributed by atoms with Gasteiger partial charge in [-0.3, -0.25) is 9.80 Å². The number of nitrogens with two attached hydrogens (primary N) is 1. The summed E-state index contributed by atoms with van der Waals surface area (Å²) >= 11 is 0. The van der Waals surface area contributed by atoms with Crippen molar-refractivity contribution < 1.29 is 4.74 Å². The van der Waals surface area contributed by atoms with E-state index in [9.17, 15) is 0 Å². The molecule has 1 saturated carbocycles. The Kier molecular flexibility index (Phi) is 4.65. The average molecular weight is 281 g/mol. The Hall–Kier alpha value is -0.160. The van der Waals surface area contributed by atoms with Crippen molar-refractivity contribution in [3.63, 3.8) is 0 Å². The van der Waals surface area contributed by atoms with Crippen LogP contribution in [0.1, 0.15) is 39.0 Å². The van der Waals surface area contributed by atoms with Gasteiger partial charge in [0.2, 0.25) is 0 Å². The summed E-state index contributed by atoms with van der Waals surface area (Å²) in [6, 6.07) is 0.738. The highest BCUT2D eigenvalue weighted by Gasteiger charge is 2.42. The number of ether oxygens (including phenoxy) is 1. The van der Waals surface area contributed by atoms with E-state index in [-0.39, 0.29) is 0 Å². The van der Waals surface area contributed by atoms with Gasteiger partial charge < -0.3 is 10.5 Å². The van der Waals surface area contributed by atoms with Crippen LogP contribution in [0, 0.1) is 5.92 Å². The van der Waals surface area contributed by atoms with E-state index in [1.54, 1.807) is 0 Å². The van der Waals surface area contributed by atoms with Crippen molar-refractivity contribution in [3.05, 3.63) is 0 Å². The summed E-state index contributed by atoms with van der Waals surface area (Å²) in [5.41, 5.74) is 6.53. The number of hydrogen-bond donors (Lipinski definition) is 1. The molecule has 0 spiro atoms. The molecule has 1 unspecified atom stereocenters. The van der Waals surface area contributed by atoms with Gasteiger partial charge in [0.15, 0.2) is 0 Å². The smallest absolute Gasteiger partial charge is 0.0594 e. The summed E-state index contributed by atoms with van der Waals surface area (Å²) in [6.07, 6.45) is 6.64. The standard InChI is InChI=1S/C16H31N3O/c1-14-2-5-16(13-17,6-3-14)19-7-4-15(12-19)18-8-10-20-11-9-18/h14-15H,2-13,17H2,1H3. The third kappa shape index (κ3) is 2.89. The largest absolute Gasteiger partial charge is 0.379 e. The van der Waals surface area contributed by atoms with Gasteiger partial charge in [-0.1, -0.05) is 6.92 Å². The first-order valence-electron chi connectivity index (χ1n) is 8.50. The Morgan fingerprint density at radius 1 is 1.10 bits per heavy atom. The summed E-state index contributed by atoms with van der Waals surface area (Å²) < 4.78 is 5.48. The summed E-state index contributed by atoms with van der Waals surface area (Å²) in [7, 11) is 0. The first-order chi connectivity index (χ1) is 9.73. The SMILES string of the molecule is CC1CCC(CN)(N2CCC(N3CCOCC3)C2)CC1. The number of rotatable bonds is 3. The summed E-state index contributed by atoms with van der Waals surface area (Å²) in [5.74, 6) is 0.896. The first kappa shape index (κ1) is 14.8. The zero-order valence-corrected chi connectivity index (χ0v) is 13.0. The molecule has 4 nitrogen and oxygen atoms in total. The second kappa shape index (κ2) is 6.30. The maximum absolute atomic E-state index is 6.21. The van der Waals surface area contributed by atoms with Gasteiger partial charge in [0.1, 0.15) is 0 Å². The number of morpholine rings is 1. The molecule has 116 valence electrons. The molecule has 0 bridgehead atoms. The van der Waals surface area contributed by atoms with Crippen molar-refractivity contribution in [2.45, 2.75) is 50.6 Å². The molecule has 0 aromatic rings. The maximum atomic E-state index is 6.21. The molecule has 0 radical (unpaired) electrons. The highest BCUT2D eigenvalue weighted by molar-refractivity contribution is 5.00. The minimum atomic E-state index is 0.313. The van der Waals surface area contributed by atoms with Crippen LogP contribution in [0.15, 0.2) is 0 Å². The van der Waals surface area contributed by atoms with Gasteiger partial charge in [0.05, 0.1) is 13.2 Å². The fourth-order valence-corrected chi connectivity index (χ4v) is 4.36. The van der Waals surface area contributed by atoms with Gasteiger partial charge in [-0.25, -0.2) is 0 Å². The lowest BCUT2D eigenvalue weighted by Gasteiger charge is -2.46. The van der Waals surface area contributed by atoms with E-state index < -0.39 is 0 Å². The van der Waals surface area contributed by atoms with E-state index in [2.05, 4.69) is 16.7 Å². The molecule has 3 rings (SSSR count). The fourth-order valence-electron chi connectivity index (χ4n) is 4.36. The lowest BCUT2D eigenvalue weighted by atomic mass is 9.76. The molecule has 0 aromatic carbocycles. The van der Waals surface area contributed by atoms with Gasteiger partial charge >= 0.3 is 0 Å². The van der Waals surface area contributed by atoms with E-state index in [0.717, 1.165) is 44.8 Å². The minimum Gasteiger partial charge on any atom is -0.379 e. The van der Waals surface area contributed by atoms with Crippen molar-refractivity contribution >= 4 is 0 Å². The van der Waals surface area contributed by atoms with Gasteiger partial charge in [0, 0.05) is 44.3 Å². The number of hydrogen-bond acceptors (Lipinski definition) is 4. The van der Waals surface area contributed by atoms with Crippen LogP contribution in [0.5, 0.6) is 0 Å². The molecule has 3 aliphatic rings. The van der Waals surface area contributed by atoms with Crippen molar-refractivity contribution in [3.8, 4) is 0 Å². The molecule has 3 fully saturated rings. The Labute approximate surface area is 123 Å². The van der Waals surface area contributed by atoms with Crippen molar-refractivity contribution in [1.82, 2.24) is 9.80 Å². The second-order valence-corrected chi connectivity index (χ2v) is 7.15. The van der Waals surface area contributed by atoms with E-state index in [1.807, 2.05) is 0 Å². The van der Waals surface area contributed by atoms with Crippen LogP contribution in [0.2, 0.25) is 0 Å². The monoisotopic (exact) mass is 281 g/mol. The topological polar surface area (TPSA) is 41.7 Å². The highest BCUT2D eigenvalue weighted by Crippen LogP contribution is 2.38. The zero-order chi connectivity index (χ0) is 14.0. The van der Waals surface area contributed by atoms with Gasteiger partial charge in [-0.15, -0.1) is 0 Å². The quantitative estimate of drug-likeness (QED) is 0.847. The first-order valence-corrected chi connectivity index (χ1v) is 8.50. The predicted octanol–water partition coefficient (Wildman–Crippen LogP) is 1.30. The molecule has 2 N–H and O–H groups in total. The molecule has 4 heteroatoms. The van der Waals surface area contributed by atoms with Crippen molar-refractivity contribution in [1.29, 1.82) is 0 Å². The van der Waals surface area contributed by atoms with Crippen LogP contribution in [0.25, 0.3) is 0 Å². The predicted molar refractivity (Wildman–Crippen MR) is 81.8 cm³/mol. The van der Waals surface area contributed by atoms with E-state index >= 15 is 0 Å². The molecule has 2 saturated heterocycles. The van der Waals surface area contributed by atoms with Crippen LogP contribution < -0.4 is 5.73 Å². The van der Waals surface area contributed by atoms with E-state index in [4.69, 9.17) is 10.5 Å². The van der Waals surface area contributed by atoms with Crippen LogP contribution in [0.3, 0.4) is 0 Å². The highest BCUT2D eigenvalue weighted by atomic mass is 16.5. The van der Waals surface area contributed by atoms with Crippen molar-refractivity contribution in [2.24, 2.45) is 11.7 Å². The second-order valence-electron chi connectivity index (χ2n) is 7.15. The third-order valence-electron chi connectivity index (χ3n) is 5.98. The Morgan fingerprint density at radius 2 is 1.80 bits per heavy atom. The fraction of sp³-hybridized carbons (Fsp3) is 1.00. The van der Waals surface area contributed by atoms with Crippen LogP contribution in [-0.4, -0.2) is 67.3 Å². The van der Waals surface area contributed by atoms with Crippen LogP contribution in [0.4, 0.5) is 0 Å². The maximum Gasteiger partial charge on any atom is 0.0594 e. The lowest BCUT2D eigenvalue weighted by molar-refractivity contribution is 0.0107. The number of nitrogens with zero attached hydrogens (tertiary/aromatic N) is 2. The lowest BCUT2D eigenvalue weighted by Crippen LogP contribution is -2.56. The summed E-state index contributed by atoms with van der Waals surface area (Å²) in [6.45, 7) is 9.76. The molecule has 2 heterocycles. The summed E-state index contributed by atoms with van der Waals surface area (Å²) in [4.78, 5) is 5.37. The van der Waals surface area contributed by atoms with Gasteiger partial charge in [0.25, 0.3) is 0 Å². The third-order valence-corrected chi connectivity index (χ3v) is 5.98. The summed E-state index contributed by atoms with van der Waals surface area (Å²) in [5, 5.41) is 0. The van der Waals surface area contributed by atoms with Crippen LogP contribution in [-0.2, 0) is 4.74 Å². The molecular formula is C16H31N3O. The minimum absolute atomic E-state index is 0.313. The normalized spacial score (nSPS) is 41.1. The zero-order valence-electron chi connectivity index (χ0n) is 13.0. The number of likely N-dealkylation sites (tertiary alicyclic amines) is 1. The molecular weight excluding hydrogens is 250 g/mol. The Balaban J connectivity index is 1.60. The molecule has 20 heavy (non-hydrogen) atoms. The van der Waals surface area contributed by atoms with Crippen LogP contribution >= 0.6 is 0 Å². The van der Waals surface area contributed by atoms with E-state index in [1.165, 1.54) is 45.2 Å². The van der Waals surface area contributed by atoms with Gasteiger partial charge in [-0.05, 0) is 38.0 Å². The van der Waals surface area contributed by atoms with E-state index in [0.29, 0.717) is 5.54 Å². The van der Waals surface area contributed by atoms with Gasteiger partial charge in [-0.2, -0.15) is 0 Å². The molecule has 0 amide bonds. The molecule has 1 aliphatic carbocycles. The molecule has 2 aliphatic heterocycles. The average Bonchev–Trinajstić information content (AvgIpc) is 3.00.